The van der Waals surface area contributed by atoms with Gasteiger partial charge < -0.3 is 15.0 Å². The maximum absolute atomic E-state index is 10.9. The quantitative estimate of drug-likeness (QED) is 0.722. The van der Waals surface area contributed by atoms with Gasteiger partial charge >= 0.3 is 5.97 Å². The number of hydrogen-bond donors (Lipinski definition) is 2. The van der Waals surface area contributed by atoms with E-state index in [9.17, 15) is 4.79 Å². The van der Waals surface area contributed by atoms with Crippen LogP contribution in [0.25, 0.3) is 0 Å². The first-order chi connectivity index (χ1) is 6.11. The lowest BCUT2D eigenvalue weighted by molar-refractivity contribution is -0.139. The van der Waals surface area contributed by atoms with E-state index in [0.717, 1.165) is 5.56 Å². The highest BCUT2D eigenvalue weighted by atomic mass is 16.4. The van der Waals surface area contributed by atoms with Gasteiger partial charge in [0.2, 0.25) is 0 Å². The molecule has 0 amide bonds. The minimum atomic E-state index is -0.784. The number of carboxylic acids is 1. The zero-order valence-corrected chi connectivity index (χ0v) is 7.82. The molecule has 1 heterocycles. The van der Waals surface area contributed by atoms with E-state index in [-0.39, 0.29) is 0 Å². The fourth-order valence-corrected chi connectivity index (χ4v) is 1.24. The molecule has 4 nitrogen and oxygen atoms in total. The van der Waals surface area contributed by atoms with Crippen LogP contribution in [0.4, 0.5) is 0 Å². The molecule has 1 rings (SSSR count). The fourth-order valence-electron chi connectivity index (χ4n) is 1.24. The monoisotopic (exact) mass is 182 g/mol. The summed E-state index contributed by atoms with van der Waals surface area (Å²) in [5, 5.41) is 8.95. The summed E-state index contributed by atoms with van der Waals surface area (Å²) in [6.07, 6.45) is 3.46. The van der Waals surface area contributed by atoms with Crippen LogP contribution in [0.3, 0.4) is 0 Å². The molecule has 2 N–H and O–H groups in total. The Morgan fingerprint density at radius 2 is 2.38 bits per heavy atom. The second kappa shape index (κ2) is 4.09. The molecule has 72 valence electrons. The SMILES string of the molecule is CN(C)CC(C(=O)O)c1cc[nH]c1. The van der Waals surface area contributed by atoms with Crippen LogP contribution in [-0.4, -0.2) is 41.6 Å². The van der Waals surface area contributed by atoms with Gasteiger partial charge in [0.05, 0.1) is 5.92 Å². The Morgan fingerprint density at radius 3 is 2.77 bits per heavy atom. The van der Waals surface area contributed by atoms with Crippen molar-refractivity contribution in [3.05, 3.63) is 24.0 Å². The summed E-state index contributed by atoms with van der Waals surface area (Å²) < 4.78 is 0. The average molecular weight is 182 g/mol. The number of carboxylic acid groups (broad SMARTS) is 1. The minimum absolute atomic E-state index is 0.443. The first kappa shape index (κ1) is 9.80. The van der Waals surface area contributed by atoms with Crippen molar-refractivity contribution in [2.45, 2.75) is 5.92 Å². The molecule has 0 fully saturated rings. The van der Waals surface area contributed by atoms with Crippen molar-refractivity contribution < 1.29 is 9.90 Å². The molecule has 1 atom stereocenters. The number of nitrogens with zero attached hydrogens (tertiary/aromatic N) is 1. The van der Waals surface area contributed by atoms with Gasteiger partial charge in [-0.1, -0.05) is 0 Å². The third-order valence-electron chi connectivity index (χ3n) is 1.87. The summed E-state index contributed by atoms with van der Waals surface area (Å²) in [5.74, 6) is -1.23. The molecule has 13 heavy (non-hydrogen) atoms. The van der Waals surface area contributed by atoms with E-state index in [0.29, 0.717) is 6.54 Å². The number of aliphatic carboxylic acids is 1. The molecule has 1 aromatic heterocycles. The van der Waals surface area contributed by atoms with Crippen LogP contribution < -0.4 is 0 Å². The van der Waals surface area contributed by atoms with Crippen molar-refractivity contribution in [3.8, 4) is 0 Å². The summed E-state index contributed by atoms with van der Waals surface area (Å²) >= 11 is 0. The van der Waals surface area contributed by atoms with Gasteiger partial charge in [-0.05, 0) is 25.7 Å². The maximum Gasteiger partial charge on any atom is 0.312 e. The van der Waals surface area contributed by atoms with E-state index < -0.39 is 11.9 Å². The Labute approximate surface area is 77.2 Å². The molecule has 0 aliphatic heterocycles. The smallest absolute Gasteiger partial charge is 0.312 e. The lowest BCUT2D eigenvalue weighted by atomic mass is 10.0. The van der Waals surface area contributed by atoms with Crippen LogP contribution in [0.1, 0.15) is 11.5 Å². The van der Waals surface area contributed by atoms with Gasteiger partial charge in [0.15, 0.2) is 0 Å². The number of likely N-dealkylation sites (N-methyl/N-ethyl adjacent to an activating group) is 1. The second-order valence-electron chi connectivity index (χ2n) is 3.30. The Kier molecular flexibility index (Phi) is 3.08. The number of H-pyrrole nitrogens is 1. The summed E-state index contributed by atoms with van der Waals surface area (Å²) in [6, 6.07) is 1.79. The molecular weight excluding hydrogens is 168 g/mol. The Bertz CT molecular complexity index is 267. The van der Waals surface area contributed by atoms with Crippen LogP contribution in [0, 0.1) is 0 Å². The van der Waals surface area contributed by atoms with Crippen molar-refractivity contribution >= 4 is 5.97 Å². The average Bonchev–Trinajstić information content (AvgIpc) is 2.50. The predicted octanol–water partition coefficient (Wildman–Crippen LogP) is 0.744. The lowest BCUT2D eigenvalue weighted by Crippen LogP contribution is -2.25. The number of aromatic amines is 1. The first-order valence-corrected chi connectivity index (χ1v) is 4.11. The molecule has 0 spiro atoms. The summed E-state index contributed by atoms with van der Waals surface area (Å²) in [6.45, 7) is 0.521. The van der Waals surface area contributed by atoms with Crippen molar-refractivity contribution in [1.82, 2.24) is 9.88 Å². The van der Waals surface area contributed by atoms with E-state index in [1.165, 1.54) is 0 Å². The molecule has 1 aromatic rings. The molecule has 0 aromatic carbocycles. The van der Waals surface area contributed by atoms with Gasteiger partial charge in [-0.2, -0.15) is 0 Å². The normalized spacial score (nSPS) is 13.2. The number of aromatic nitrogens is 1. The van der Waals surface area contributed by atoms with Gasteiger partial charge in [-0.15, -0.1) is 0 Å². The van der Waals surface area contributed by atoms with Crippen LogP contribution in [0.15, 0.2) is 18.5 Å². The number of rotatable bonds is 4. The topological polar surface area (TPSA) is 56.3 Å². The lowest BCUT2D eigenvalue weighted by Gasteiger charge is -2.15. The van der Waals surface area contributed by atoms with Crippen molar-refractivity contribution in [3.63, 3.8) is 0 Å². The van der Waals surface area contributed by atoms with Gasteiger partial charge in [-0.25, -0.2) is 0 Å². The van der Waals surface area contributed by atoms with Gasteiger partial charge in [-0.3, -0.25) is 4.79 Å². The zero-order chi connectivity index (χ0) is 9.84. The van der Waals surface area contributed by atoms with Crippen molar-refractivity contribution in [2.24, 2.45) is 0 Å². The molecule has 0 saturated heterocycles. The molecule has 1 unspecified atom stereocenters. The Morgan fingerprint density at radius 1 is 1.69 bits per heavy atom. The molecule has 0 aliphatic rings. The summed E-state index contributed by atoms with van der Waals surface area (Å²) in [4.78, 5) is 15.6. The van der Waals surface area contributed by atoms with E-state index in [1.54, 1.807) is 18.5 Å². The molecule has 4 heteroatoms. The molecule has 0 bridgehead atoms. The van der Waals surface area contributed by atoms with Gasteiger partial charge in [0.25, 0.3) is 0 Å². The van der Waals surface area contributed by atoms with Gasteiger partial charge in [0, 0.05) is 18.9 Å². The highest BCUT2D eigenvalue weighted by Crippen LogP contribution is 2.15. The summed E-state index contributed by atoms with van der Waals surface area (Å²) in [5.41, 5.74) is 0.821. The fraction of sp³-hybridized carbons (Fsp3) is 0.444. The van der Waals surface area contributed by atoms with Crippen LogP contribution in [0.2, 0.25) is 0 Å². The van der Waals surface area contributed by atoms with E-state index >= 15 is 0 Å². The standard InChI is InChI=1S/C9H14N2O2/c1-11(2)6-8(9(12)13)7-3-4-10-5-7/h3-5,8,10H,6H2,1-2H3,(H,12,13). The third-order valence-corrected chi connectivity index (χ3v) is 1.87. The van der Waals surface area contributed by atoms with E-state index in [1.807, 2.05) is 19.0 Å². The number of nitrogens with one attached hydrogen (secondary N) is 1. The van der Waals surface area contributed by atoms with Crippen molar-refractivity contribution in [2.75, 3.05) is 20.6 Å². The van der Waals surface area contributed by atoms with Crippen LogP contribution in [-0.2, 0) is 4.79 Å². The van der Waals surface area contributed by atoms with E-state index in [2.05, 4.69) is 4.98 Å². The Balaban J connectivity index is 2.75. The largest absolute Gasteiger partial charge is 0.481 e. The second-order valence-corrected chi connectivity index (χ2v) is 3.30. The maximum atomic E-state index is 10.9. The molecule has 0 saturated carbocycles. The molecular formula is C9H14N2O2. The minimum Gasteiger partial charge on any atom is -0.481 e. The molecule has 0 radical (unpaired) electrons. The van der Waals surface area contributed by atoms with Crippen molar-refractivity contribution in [1.29, 1.82) is 0 Å². The first-order valence-electron chi connectivity index (χ1n) is 4.11. The van der Waals surface area contributed by atoms with Gasteiger partial charge in [0.1, 0.15) is 0 Å². The molecule has 0 aliphatic carbocycles. The summed E-state index contributed by atoms with van der Waals surface area (Å²) in [7, 11) is 3.73. The predicted molar refractivity (Wildman–Crippen MR) is 49.7 cm³/mol. The third kappa shape index (κ3) is 2.59. The number of hydrogen-bond acceptors (Lipinski definition) is 2. The number of carbonyl (C=O) groups is 1. The Hall–Kier alpha value is -1.29. The zero-order valence-electron chi connectivity index (χ0n) is 7.82. The van der Waals surface area contributed by atoms with E-state index in [4.69, 9.17) is 5.11 Å². The highest BCUT2D eigenvalue weighted by Gasteiger charge is 2.20. The highest BCUT2D eigenvalue weighted by molar-refractivity contribution is 5.76. The van der Waals surface area contributed by atoms with Crippen LogP contribution >= 0.6 is 0 Å². The van der Waals surface area contributed by atoms with Crippen LogP contribution in [0.5, 0.6) is 0 Å².